The number of benzene rings is 2. The van der Waals surface area contributed by atoms with Crippen LogP contribution in [-0.4, -0.2) is 23.4 Å². The Balaban J connectivity index is 1.99. The minimum Gasteiger partial charge on any atom is -0.463 e. The van der Waals surface area contributed by atoms with E-state index in [1.165, 1.54) is 5.39 Å². The molecular formula is C17H17NO2S. The summed E-state index contributed by atoms with van der Waals surface area (Å²) >= 11 is 4.49. The van der Waals surface area contributed by atoms with Gasteiger partial charge in [0.05, 0.1) is 18.2 Å². The van der Waals surface area contributed by atoms with Crippen LogP contribution in [0.5, 0.6) is 0 Å². The Morgan fingerprint density at radius 3 is 2.81 bits per heavy atom. The standard InChI is InChI=1S/C17H17NO2S/c1-2-20-17(19)15-9-10-18(21)16(15)14-8-7-12-5-3-4-6-13(12)11-14/h3-9,11,16,21H,2,10H2,1H3. The van der Waals surface area contributed by atoms with Crippen molar-refractivity contribution in [3.8, 4) is 0 Å². The van der Waals surface area contributed by atoms with Crippen molar-refractivity contribution < 1.29 is 9.53 Å². The zero-order valence-corrected chi connectivity index (χ0v) is 12.7. The number of carbonyl (C=O) groups is 1. The lowest BCUT2D eigenvalue weighted by Crippen LogP contribution is -2.20. The number of fused-ring (bicyclic) bond motifs is 1. The first-order chi connectivity index (χ1) is 10.2. The number of hydrogen-bond acceptors (Lipinski definition) is 4. The van der Waals surface area contributed by atoms with Crippen molar-refractivity contribution in [1.29, 1.82) is 0 Å². The van der Waals surface area contributed by atoms with Crippen LogP contribution in [0.15, 0.2) is 54.1 Å². The maximum atomic E-state index is 12.1. The molecule has 0 aliphatic carbocycles. The number of thiol groups is 1. The molecule has 1 heterocycles. The average Bonchev–Trinajstić information content (AvgIpc) is 2.89. The lowest BCUT2D eigenvalue weighted by atomic mass is 9.98. The van der Waals surface area contributed by atoms with Gasteiger partial charge in [0.2, 0.25) is 0 Å². The van der Waals surface area contributed by atoms with Crippen molar-refractivity contribution in [2.45, 2.75) is 13.0 Å². The van der Waals surface area contributed by atoms with E-state index >= 15 is 0 Å². The highest BCUT2D eigenvalue weighted by atomic mass is 32.1. The first-order valence-corrected chi connectivity index (χ1v) is 7.42. The zero-order valence-electron chi connectivity index (χ0n) is 11.8. The van der Waals surface area contributed by atoms with E-state index in [-0.39, 0.29) is 12.0 Å². The second-order valence-corrected chi connectivity index (χ2v) is 5.52. The molecule has 0 aromatic heterocycles. The maximum Gasteiger partial charge on any atom is 0.335 e. The Hall–Kier alpha value is -1.78. The molecule has 1 unspecified atom stereocenters. The molecule has 0 spiro atoms. The number of nitrogens with zero attached hydrogens (tertiary/aromatic N) is 1. The third-order valence-electron chi connectivity index (χ3n) is 3.69. The van der Waals surface area contributed by atoms with Crippen LogP contribution in [0.25, 0.3) is 10.8 Å². The molecule has 0 radical (unpaired) electrons. The molecule has 0 fully saturated rings. The van der Waals surface area contributed by atoms with E-state index in [0.29, 0.717) is 18.7 Å². The number of esters is 1. The Labute approximate surface area is 129 Å². The summed E-state index contributed by atoms with van der Waals surface area (Å²) < 4.78 is 7.00. The summed E-state index contributed by atoms with van der Waals surface area (Å²) in [5.41, 5.74) is 1.72. The minimum atomic E-state index is -0.257. The Morgan fingerprint density at radius 2 is 2.05 bits per heavy atom. The summed E-state index contributed by atoms with van der Waals surface area (Å²) in [6.07, 6.45) is 1.89. The second kappa shape index (κ2) is 5.92. The van der Waals surface area contributed by atoms with E-state index < -0.39 is 0 Å². The van der Waals surface area contributed by atoms with E-state index in [9.17, 15) is 4.79 Å². The van der Waals surface area contributed by atoms with Crippen LogP contribution in [0.3, 0.4) is 0 Å². The van der Waals surface area contributed by atoms with Crippen LogP contribution in [0.4, 0.5) is 0 Å². The molecule has 2 aromatic rings. The first kappa shape index (κ1) is 14.2. The van der Waals surface area contributed by atoms with Crippen molar-refractivity contribution in [3.05, 3.63) is 59.7 Å². The normalized spacial score (nSPS) is 18.8. The van der Waals surface area contributed by atoms with Gasteiger partial charge in [0.1, 0.15) is 0 Å². The summed E-state index contributed by atoms with van der Waals surface area (Å²) in [5, 5.41) is 2.35. The van der Waals surface area contributed by atoms with Crippen LogP contribution in [-0.2, 0) is 9.53 Å². The van der Waals surface area contributed by atoms with Gasteiger partial charge in [-0.05, 0) is 29.3 Å². The molecule has 0 bridgehead atoms. The van der Waals surface area contributed by atoms with E-state index in [4.69, 9.17) is 4.74 Å². The summed E-state index contributed by atoms with van der Waals surface area (Å²) in [6.45, 7) is 2.83. The van der Waals surface area contributed by atoms with Crippen LogP contribution in [0.1, 0.15) is 18.5 Å². The quantitative estimate of drug-likeness (QED) is 0.694. The average molecular weight is 299 g/mol. The zero-order chi connectivity index (χ0) is 14.8. The molecule has 2 aromatic carbocycles. The molecule has 0 amide bonds. The largest absolute Gasteiger partial charge is 0.463 e. The molecule has 4 heteroatoms. The van der Waals surface area contributed by atoms with E-state index in [0.717, 1.165) is 10.9 Å². The van der Waals surface area contributed by atoms with Crippen LogP contribution in [0, 0.1) is 0 Å². The Bertz CT molecular complexity index is 711. The fourth-order valence-electron chi connectivity index (χ4n) is 2.71. The predicted molar refractivity (Wildman–Crippen MR) is 87.1 cm³/mol. The van der Waals surface area contributed by atoms with Crippen molar-refractivity contribution >= 4 is 29.6 Å². The maximum absolute atomic E-state index is 12.1. The molecule has 1 aliphatic heterocycles. The van der Waals surface area contributed by atoms with Crippen molar-refractivity contribution in [3.63, 3.8) is 0 Å². The van der Waals surface area contributed by atoms with Crippen molar-refractivity contribution in [2.24, 2.45) is 0 Å². The molecule has 3 rings (SSSR count). The lowest BCUT2D eigenvalue weighted by molar-refractivity contribution is -0.138. The van der Waals surface area contributed by atoms with Crippen LogP contribution in [0.2, 0.25) is 0 Å². The van der Waals surface area contributed by atoms with Gasteiger partial charge >= 0.3 is 5.97 Å². The Morgan fingerprint density at radius 1 is 1.29 bits per heavy atom. The topological polar surface area (TPSA) is 29.5 Å². The number of ether oxygens (including phenoxy) is 1. The van der Waals surface area contributed by atoms with Gasteiger partial charge < -0.3 is 4.74 Å². The van der Waals surface area contributed by atoms with E-state index in [2.05, 4.69) is 43.1 Å². The molecule has 0 saturated carbocycles. The number of carbonyl (C=O) groups excluding carboxylic acids is 1. The van der Waals surface area contributed by atoms with Crippen LogP contribution >= 0.6 is 12.8 Å². The Kier molecular flexibility index (Phi) is 3.99. The van der Waals surface area contributed by atoms with Crippen molar-refractivity contribution in [2.75, 3.05) is 13.2 Å². The number of hydrogen-bond donors (Lipinski definition) is 1. The molecular weight excluding hydrogens is 282 g/mol. The predicted octanol–water partition coefficient (Wildman–Crippen LogP) is 3.53. The highest BCUT2D eigenvalue weighted by Crippen LogP contribution is 2.36. The van der Waals surface area contributed by atoms with Gasteiger partial charge in [0.15, 0.2) is 0 Å². The fourth-order valence-corrected chi connectivity index (χ4v) is 3.05. The SMILES string of the molecule is CCOC(=O)C1=CCN(S)C1c1ccc2ccccc2c1. The van der Waals surface area contributed by atoms with Gasteiger partial charge in [0.25, 0.3) is 0 Å². The number of rotatable bonds is 3. The second-order valence-electron chi connectivity index (χ2n) is 5.01. The summed E-state index contributed by atoms with van der Waals surface area (Å²) in [7, 11) is 0. The highest BCUT2D eigenvalue weighted by molar-refractivity contribution is 7.77. The van der Waals surface area contributed by atoms with E-state index in [1.807, 2.05) is 29.4 Å². The van der Waals surface area contributed by atoms with E-state index in [1.54, 1.807) is 0 Å². The molecule has 21 heavy (non-hydrogen) atoms. The fraction of sp³-hybridized carbons (Fsp3) is 0.235. The lowest BCUT2D eigenvalue weighted by Gasteiger charge is -2.22. The summed E-state index contributed by atoms with van der Waals surface area (Å²) in [4.78, 5) is 12.1. The van der Waals surface area contributed by atoms with Gasteiger partial charge in [-0.1, -0.05) is 55.3 Å². The molecule has 108 valence electrons. The molecule has 0 N–H and O–H groups in total. The highest BCUT2D eigenvalue weighted by Gasteiger charge is 2.32. The molecule has 1 atom stereocenters. The monoisotopic (exact) mass is 299 g/mol. The summed E-state index contributed by atoms with van der Waals surface area (Å²) in [5.74, 6) is -0.257. The van der Waals surface area contributed by atoms with Gasteiger partial charge in [-0.2, -0.15) is 0 Å². The third-order valence-corrected chi connectivity index (χ3v) is 4.09. The smallest absolute Gasteiger partial charge is 0.335 e. The van der Waals surface area contributed by atoms with Gasteiger partial charge in [-0.15, -0.1) is 0 Å². The minimum absolute atomic E-state index is 0.156. The third kappa shape index (κ3) is 2.69. The van der Waals surface area contributed by atoms with Gasteiger partial charge in [0, 0.05) is 6.54 Å². The molecule has 1 aliphatic rings. The summed E-state index contributed by atoms with van der Waals surface area (Å²) in [6, 6.07) is 14.3. The molecule has 0 saturated heterocycles. The van der Waals surface area contributed by atoms with Gasteiger partial charge in [-0.3, -0.25) is 0 Å². The first-order valence-electron chi connectivity index (χ1n) is 7.02. The molecule has 3 nitrogen and oxygen atoms in total. The van der Waals surface area contributed by atoms with Crippen molar-refractivity contribution in [1.82, 2.24) is 4.31 Å². The van der Waals surface area contributed by atoms with Gasteiger partial charge in [-0.25, -0.2) is 9.10 Å². The van der Waals surface area contributed by atoms with Crippen LogP contribution < -0.4 is 0 Å².